The molecule has 0 N–H and O–H groups in total. The summed E-state index contributed by atoms with van der Waals surface area (Å²) in [5, 5.41) is 16.7. The molecule has 0 bridgehead atoms. The topological polar surface area (TPSA) is 125 Å². The molecular weight excluding hydrogens is 280 g/mol. The van der Waals surface area contributed by atoms with Gasteiger partial charge in [-0.1, -0.05) is 0 Å². The van der Waals surface area contributed by atoms with E-state index in [0.717, 1.165) is 0 Å². The summed E-state index contributed by atoms with van der Waals surface area (Å²) >= 11 is 0. The molecular formula is C14H10N8. The molecule has 0 radical (unpaired) electrons. The fraction of sp³-hybridized carbons (Fsp3) is 0. The SMILES string of the molecule is N#Cc1nccnc1C#N.c1cnccn1.c1cncnc1. The zero-order chi connectivity index (χ0) is 15.9. The van der Waals surface area contributed by atoms with E-state index in [4.69, 9.17) is 10.5 Å². The summed E-state index contributed by atoms with van der Waals surface area (Å²) in [5.41, 5.74) is 0.148. The first-order valence-corrected chi connectivity index (χ1v) is 5.89. The molecule has 0 atom stereocenters. The molecule has 0 aliphatic carbocycles. The van der Waals surface area contributed by atoms with Crippen molar-refractivity contribution in [2.75, 3.05) is 0 Å². The third-order valence-electron chi connectivity index (χ3n) is 1.87. The smallest absolute Gasteiger partial charge is 0.177 e. The monoisotopic (exact) mass is 290 g/mol. The maximum Gasteiger partial charge on any atom is 0.177 e. The largest absolute Gasteiger partial charge is 0.262 e. The van der Waals surface area contributed by atoms with Crippen molar-refractivity contribution in [1.82, 2.24) is 29.9 Å². The average Bonchev–Trinajstić information content (AvgIpc) is 2.65. The fourth-order valence-corrected chi connectivity index (χ4v) is 1.01. The Morgan fingerprint density at radius 2 is 1.05 bits per heavy atom. The highest BCUT2D eigenvalue weighted by atomic mass is 14.8. The lowest BCUT2D eigenvalue weighted by molar-refractivity contribution is 1.13. The van der Waals surface area contributed by atoms with Gasteiger partial charge < -0.3 is 0 Å². The third kappa shape index (κ3) is 6.97. The molecule has 106 valence electrons. The van der Waals surface area contributed by atoms with Gasteiger partial charge in [0.05, 0.1) is 0 Å². The number of nitriles is 2. The lowest BCUT2D eigenvalue weighted by atomic mass is 10.3. The van der Waals surface area contributed by atoms with Gasteiger partial charge in [-0.15, -0.1) is 0 Å². The predicted molar refractivity (Wildman–Crippen MR) is 75.5 cm³/mol. The molecule has 3 aromatic rings. The Morgan fingerprint density at radius 3 is 1.27 bits per heavy atom. The van der Waals surface area contributed by atoms with Crippen molar-refractivity contribution in [1.29, 1.82) is 10.5 Å². The second-order valence-electron chi connectivity index (χ2n) is 3.28. The molecule has 0 spiro atoms. The molecule has 3 heterocycles. The molecule has 0 fully saturated rings. The van der Waals surface area contributed by atoms with Gasteiger partial charge in [-0.05, 0) is 6.07 Å². The fourth-order valence-electron chi connectivity index (χ4n) is 1.01. The molecule has 0 amide bonds. The first-order chi connectivity index (χ1) is 10.9. The third-order valence-corrected chi connectivity index (χ3v) is 1.87. The number of rotatable bonds is 0. The van der Waals surface area contributed by atoms with Gasteiger partial charge >= 0.3 is 0 Å². The standard InChI is InChI=1S/C6H2N4.2C4H4N2/c7-3-5-6(4-8)10-2-1-9-5;1-2-6-4-3-5-1;1-2-5-4-6-3-1/h1-2H;2*1-4H. The first kappa shape index (κ1) is 16.3. The molecule has 0 aromatic carbocycles. The van der Waals surface area contributed by atoms with Crippen LogP contribution in [-0.2, 0) is 0 Å². The molecule has 0 saturated carbocycles. The Labute approximate surface area is 126 Å². The number of aromatic nitrogens is 6. The highest BCUT2D eigenvalue weighted by Gasteiger charge is 1.99. The Bertz CT molecular complexity index is 601. The van der Waals surface area contributed by atoms with Crippen LogP contribution in [0.2, 0.25) is 0 Å². The van der Waals surface area contributed by atoms with Crippen molar-refractivity contribution in [2.24, 2.45) is 0 Å². The summed E-state index contributed by atoms with van der Waals surface area (Å²) in [7, 11) is 0. The zero-order valence-electron chi connectivity index (χ0n) is 11.4. The molecule has 0 unspecified atom stereocenters. The van der Waals surface area contributed by atoms with Gasteiger partial charge in [0.25, 0.3) is 0 Å². The van der Waals surface area contributed by atoms with Crippen LogP contribution < -0.4 is 0 Å². The van der Waals surface area contributed by atoms with Crippen LogP contribution in [0.15, 0.2) is 62.0 Å². The van der Waals surface area contributed by atoms with Crippen LogP contribution in [0.4, 0.5) is 0 Å². The Balaban J connectivity index is 0.000000174. The quantitative estimate of drug-likeness (QED) is 0.604. The van der Waals surface area contributed by atoms with E-state index in [1.807, 2.05) is 0 Å². The van der Waals surface area contributed by atoms with E-state index in [1.54, 1.807) is 55.4 Å². The van der Waals surface area contributed by atoms with E-state index < -0.39 is 0 Å². The molecule has 0 aliphatic rings. The van der Waals surface area contributed by atoms with Gasteiger partial charge in [0.1, 0.15) is 18.5 Å². The minimum absolute atomic E-state index is 0.0741. The van der Waals surface area contributed by atoms with E-state index in [1.165, 1.54) is 18.7 Å². The van der Waals surface area contributed by atoms with Crippen LogP contribution in [0.1, 0.15) is 11.4 Å². The van der Waals surface area contributed by atoms with Crippen molar-refractivity contribution in [2.45, 2.75) is 0 Å². The Hall–Kier alpha value is -3.78. The highest BCUT2D eigenvalue weighted by molar-refractivity contribution is 5.33. The molecule has 22 heavy (non-hydrogen) atoms. The van der Waals surface area contributed by atoms with Crippen molar-refractivity contribution in [3.05, 3.63) is 73.4 Å². The van der Waals surface area contributed by atoms with Crippen LogP contribution in [0.3, 0.4) is 0 Å². The van der Waals surface area contributed by atoms with Crippen molar-refractivity contribution >= 4 is 0 Å². The van der Waals surface area contributed by atoms with E-state index in [9.17, 15) is 0 Å². The molecule has 8 nitrogen and oxygen atoms in total. The lowest BCUT2D eigenvalue weighted by Gasteiger charge is -1.86. The summed E-state index contributed by atoms with van der Waals surface area (Å²) in [5.74, 6) is 0. The molecule has 0 aliphatic heterocycles. The summed E-state index contributed by atoms with van der Waals surface area (Å²) in [6.07, 6.45) is 14.2. The molecule has 8 heteroatoms. The Morgan fingerprint density at radius 1 is 0.591 bits per heavy atom. The maximum absolute atomic E-state index is 8.35. The van der Waals surface area contributed by atoms with Crippen LogP contribution in [0, 0.1) is 22.7 Å². The van der Waals surface area contributed by atoms with Gasteiger partial charge in [0.15, 0.2) is 11.4 Å². The second kappa shape index (κ2) is 11.1. The van der Waals surface area contributed by atoms with Crippen molar-refractivity contribution in [3.63, 3.8) is 0 Å². The minimum Gasteiger partial charge on any atom is -0.262 e. The normalized spacial score (nSPS) is 7.91. The maximum atomic E-state index is 8.35. The van der Waals surface area contributed by atoms with E-state index >= 15 is 0 Å². The second-order valence-corrected chi connectivity index (χ2v) is 3.28. The number of hydrogen-bond acceptors (Lipinski definition) is 8. The van der Waals surface area contributed by atoms with Gasteiger partial charge in [-0.25, -0.2) is 19.9 Å². The predicted octanol–water partition coefficient (Wildman–Crippen LogP) is 1.17. The lowest BCUT2D eigenvalue weighted by Crippen LogP contribution is -1.90. The van der Waals surface area contributed by atoms with E-state index in [2.05, 4.69) is 29.9 Å². The van der Waals surface area contributed by atoms with Gasteiger partial charge in [-0.2, -0.15) is 10.5 Å². The summed E-state index contributed by atoms with van der Waals surface area (Å²) in [4.78, 5) is 22.0. The number of hydrogen-bond donors (Lipinski definition) is 0. The molecule has 3 aromatic heterocycles. The Kier molecular flexibility index (Phi) is 8.20. The van der Waals surface area contributed by atoms with Crippen LogP contribution in [-0.4, -0.2) is 29.9 Å². The van der Waals surface area contributed by atoms with Crippen molar-refractivity contribution in [3.8, 4) is 12.1 Å². The molecule has 0 saturated heterocycles. The van der Waals surface area contributed by atoms with Crippen LogP contribution >= 0.6 is 0 Å². The van der Waals surface area contributed by atoms with Gasteiger partial charge in [-0.3, -0.25) is 9.97 Å². The molecule has 3 rings (SSSR count). The zero-order valence-corrected chi connectivity index (χ0v) is 11.4. The van der Waals surface area contributed by atoms with Gasteiger partial charge in [0.2, 0.25) is 0 Å². The minimum atomic E-state index is 0.0741. The summed E-state index contributed by atoms with van der Waals surface area (Å²) < 4.78 is 0. The average molecular weight is 290 g/mol. The first-order valence-electron chi connectivity index (χ1n) is 5.89. The van der Waals surface area contributed by atoms with Crippen LogP contribution in [0.25, 0.3) is 0 Å². The van der Waals surface area contributed by atoms with E-state index in [-0.39, 0.29) is 11.4 Å². The summed E-state index contributed by atoms with van der Waals surface area (Å²) in [6.45, 7) is 0. The summed E-state index contributed by atoms with van der Waals surface area (Å²) in [6, 6.07) is 5.28. The number of nitrogens with zero attached hydrogens (tertiary/aromatic N) is 8. The van der Waals surface area contributed by atoms with Gasteiger partial charge in [0, 0.05) is 49.6 Å². The van der Waals surface area contributed by atoms with Crippen molar-refractivity contribution < 1.29 is 0 Å². The van der Waals surface area contributed by atoms with E-state index in [0.29, 0.717) is 0 Å². The van der Waals surface area contributed by atoms with Crippen LogP contribution in [0.5, 0.6) is 0 Å². The highest BCUT2D eigenvalue weighted by Crippen LogP contribution is 1.95.